The molecule has 3 N–H and O–H groups in total. The summed E-state index contributed by atoms with van der Waals surface area (Å²) in [6.45, 7) is 6.27. The summed E-state index contributed by atoms with van der Waals surface area (Å²) < 4.78 is 20.6. The molecule has 2 aliphatic rings. The topological polar surface area (TPSA) is 134 Å². The van der Waals surface area contributed by atoms with Crippen molar-refractivity contribution in [3.63, 3.8) is 0 Å². The van der Waals surface area contributed by atoms with Gasteiger partial charge in [-0.15, -0.1) is 0 Å². The fraction of sp³-hybridized carbons (Fsp3) is 0.419. The number of ether oxygens (including phenoxy) is 1. The summed E-state index contributed by atoms with van der Waals surface area (Å²) in [4.78, 5) is 39.7. The first-order valence-corrected chi connectivity index (χ1v) is 14.1. The van der Waals surface area contributed by atoms with Crippen LogP contribution in [0.5, 0.6) is 11.5 Å². The molecule has 11 heteroatoms. The van der Waals surface area contributed by atoms with Gasteiger partial charge in [-0.1, -0.05) is 26.3 Å². The lowest BCUT2D eigenvalue weighted by Crippen LogP contribution is -2.37. The van der Waals surface area contributed by atoms with Gasteiger partial charge in [0.25, 0.3) is 5.91 Å². The average Bonchev–Trinajstić information content (AvgIpc) is 3.37. The Morgan fingerprint density at radius 1 is 1.14 bits per heavy atom. The number of piperidine rings is 1. The van der Waals surface area contributed by atoms with E-state index < -0.39 is 29.7 Å². The van der Waals surface area contributed by atoms with Crippen LogP contribution in [-0.4, -0.2) is 68.4 Å². The number of carbonyl (C=O) groups excluding carboxylic acids is 2. The van der Waals surface area contributed by atoms with Gasteiger partial charge in [-0.2, -0.15) is 9.49 Å². The van der Waals surface area contributed by atoms with Gasteiger partial charge in [-0.25, -0.2) is 4.68 Å². The summed E-state index contributed by atoms with van der Waals surface area (Å²) in [6, 6.07) is 5.21. The number of carboxylic acid groups (broad SMARTS) is 1. The van der Waals surface area contributed by atoms with Gasteiger partial charge in [0.05, 0.1) is 24.1 Å². The second-order valence-electron chi connectivity index (χ2n) is 10.8. The lowest BCUT2D eigenvalue weighted by atomic mass is 10.0. The zero-order valence-electron chi connectivity index (χ0n) is 23.7. The second kappa shape index (κ2) is 14.0. The maximum atomic E-state index is 13.7. The number of aromatic nitrogens is 2. The third-order valence-corrected chi connectivity index (χ3v) is 6.94. The molecule has 222 valence electrons. The van der Waals surface area contributed by atoms with Gasteiger partial charge in [-0.05, 0) is 80.1 Å². The largest absolute Gasteiger partial charge is 0.507 e. The van der Waals surface area contributed by atoms with Crippen molar-refractivity contribution in [2.45, 2.75) is 58.4 Å². The van der Waals surface area contributed by atoms with E-state index in [-0.39, 0.29) is 52.9 Å². The fourth-order valence-electron chi connectivity index (χ4n) is 5.04. The normalized spacial score (nSPS) is 15.7. The number of carbonyl (C=O) groups is 3. The molecule has 1 aliphatic carbocycles. The SMILES string of the molecule is CC(C)C[C@@H](CC(=O)O)NC(=O)c1cc(-c2c(O)cccc2OC(=O)CCN2CCCCC2)n(C2=C=C=C(F)C=C2)n1. The van der Waals surface area contributed by atoms with Crippen molar-refractivity contribution < 1.29 is 33.7 Å². The van der Waals surface area contributed by atoms with E-state index in [0.717, 1.165) is 32.0 Å². The third-order valence-electron chi connectivity index (χ3n) is 6.94. The van der Waals surface area contributed by atoms with E-state index in [0.29, 0.717) is 13.0 Å². The quantitative estimate of drug-likeness (QED) is 0.188. The van der Waals surface area contributed by atoms with Crippen LogP contribution >= 0.6 is 0 Å². The number of aliphatic carboxylic acids is 1. The number of esters is 1. The number of benzene rings is 1. The van der Waals surface area contributed by atoms with E-state index in [1.807, 2.05) is 13.8 Å². The van der Waals surface area contributed by atoms with Gasteiger partial charge >= 0.3 is 11.9 Å². The van der Waals surface area contributed by atoms with E-state index in [1.54, 1.807) is 0 Å². The number of halogens is 1. The lowest BCUT2D eigenvalue weighted by Gasteiger charge is -2.25. The molecule has 1 fully saturated rings. The lowest BCUT2D eigenvalue weighted by molar-refractivity contribution is -0.137. The minimum absolute atomic E-state index is 0.0569. The Labute approximate surface area is 243 Å². The monoisotopic (exact) mass is 578 g/mol. The molecule has 2 heterocycles. The highest BCUT2D eigenvalue weighted by Gasteiger charge is 2.26. The second-order valence-corrected chi connectivity index (χ2v) is 10.8. The zero-order chi connectivity index (χ0) is 30.2. The molecule has 1 aliphatic heterocycles. The number of nitrogens with one attached hydrogen (secondary N) is 1. The van der Waals surface area contributed by atoms with Gasteiger partial charge in [-0.3, -0.25) is 14.4 Å². The number of carboxylic acids is 1. The van der Waals surface area contributed by atoms with Crippen LogP contribution in [0.1, 0.15) is 62.9 Å². The Hall–Kier alpha value is -4.43. The molecule has 1 saturated heterocycles. The molecule has 10 nitrogen and oxygen atoms in total. The number of amides is 1. The van der Waals surface area contributed by atoms with Crippen LogP contribution in [0.25, 0.3) is 17.0 Å². The molecule has 0 unspecified atom stereocenters. The number of phenols is 1. The van der Waals surface area contributed by atoms with Crippen molar-refractivity contribution in [2.24, 2.45) is 5.92 Å². The summed E-state index contributed by atoms with van der Waals surface area (Å²) in [5.74, 6) is -2.88. The molecule has 1 aromatic heterocycles. The standard InChI is InChI=1S/C31H35FN4O6/c1-20(2)17-22(18-28(38)39)33-31(41)24-19-25(36(34-24)23-11-9-21(32)10-12-23)30-26(37)7-6-8-27(30)42-29(40)13-16-35-14-4-3-5-15-35/h6-9,11,19-20,22,37H,3-5,13-18H2,1-2H3,(H,33,41)(H,38,39)/t22-/m0/s1. The molecular formula is C31H35FN4O6. The maximum absolute atomic E-state index is 13.7. The van der Waals surface area contributed by atoms with Crippen LogP contribution in [0.4, 0.5) is 4.39 Å². The predicted molar refractivity (Wildman–Crippen MR) is 153 cm³/mol. The Morgan fingerprint density at radius 3 is 2.57 bits per heavy atom. The first-order valence-electron chi connectivity index (χ1n) is 14.1. The maximum Gasteiger partial charge on any atom is 0.312 e. The Kier molecular flexibility index (Phi) is 10.1. The highest BCUT2D eigenvalue weighted by molar-refractivity contribution is 5.95. The van der Waals surface area contributed by atoms with Crippen molar-refractivity contribution in [1.82, 2.24) is 20.0 Å². The molecule has 0 bridgehead atoms. The minimum Gasteiger partial charge on any atom is -0.507 e. The molecule has 42 heavy (non-hydrogen) atoms. The number of hydrogen-bond acceptors (Lipinski definition) is 7. The number of nitrogens with zero attached hydrogens (tertiary/aromatic N) is 3. The van der Waals surface area contributed by atoms with Crippen LogP contribution in [0.15, 0.2) is 53.7 Å². The van der Waals surface area contributed by atoms with Crippen LogP contribution in [-0.2, 0) is 9.59 Å². The molecular weight excluding hydrogens is 543 g/mol. The molecule has 0 spiro atoms. The highest BCUT2D eigenvalue weighted by Crippen LogP contribution is 2.39. The number of rotatable bonds is 12. The summed E-state index contributed by atoms with van der Waals surface area (Å²) in [5.41, 5.74) is 5.36. The van der Waals surface area contributed by atoms with E-state index >= 15 is 0 Å². The molecule has 0 radical (unpaired) electrons. The first kappa shape index (κ1) is 30.5. The van der Waals surface area contributed by atoms with E-state index in [4.69, 9.17) is 4.74 Å². The van der Waals surface area contributed by atoms with Gasteiger partial charge in [0.15, 0.2) is 11.5 Å². The number of aromatic hydroxyl groups is 1. The molecule has 1 atom stereocenters. The summed E-state index contributed by atoms with van der Waals surface area (Å²) in [6.07, 6.45) is 6.22. The molecule has 4 rings (SSSR count). The van der Waals surface area contributed by atoms with E-state index in [9.17, 15) is 29.0 Å². The Morgan fingerprint density at radius 2 is 1.90 bits per heavy atom. The van der Waals surface area contributed by atoms with Crippen molar-refractivity contribution in [2.75, 3.05) is 19.6 Å². The molecule has 1 amide bonds. The van der Waals surface area contributed by atoms with Crippen LogP contribution in [0.3, 0.4) is 0 Å². The molecule has 2 aromatic rings. The van der Waals surface area contributed by atoms with Crippen molar-refractivity contribution >= 4 is 23.5 Å². The van der Waals surface area contributed by atoms with E-state index in [2.05, 4.69) is 26.8 Å². The van der Waals surface area contributed by atoms with Gasteiger partial charge in [0.1, 0.15) is 17.2 Å². The Balaban J connectivity index is 1.68. The number of hydrogen-bond donors (Lipinski definition) is 3. The summed E-state index contributed by atoms with van der Waals surface area (Å²) in [5, 5.41) is 27.3. The smallest absolute Gasteiger partial charge is 0.312 e. The predicted octanol–water partition coefficient (Wildman–Crippen LogP) is 4.67. The van der Waals surface area contributed by atoms with Crippen LogP contribution in [0, 0.1) is 5.92 Å². The van der Waals surface area contributed by atoms with E-state index in [1.165, 1.54) is 41.4 Å². The fourth-order valence-corrected chi connectivity index (χ4v) is 5.04. The Bertz CT molecular complexity index is 1470. The molecule has 1 aromatic carbocycles. The molecule has 0 saturated carbocycles. The summed E-state index contributed by atoms with van der Waals surface area (Å²) >= 11 is 0. The van der Waals surface area contributed by atoms with Crippen molar-refractivity contribution in [1.29, 1.82) is 0 Å². The first-order chi connectivity index (χ1) is 20.1. The van der Waals surface area contributed by atoms with Gasteiger partial charge in [0, 0.05) is 12.6 Å². The van der Waals surface area contributed by atoms with Crippen LogP contribution < -0.4 is 10.1 Å². The van der Waals surface area contributed by atoms with Crippen molar-refractivity contribution in [3.05, 3.63) is 59.4 Å². The van der Waals surface area contributed by atoms with Crippen molar-refractivity contribution in [3.8, 4) is 22.8 Å². The van der Waals surface area contributed by atoms with Gasteiger partial charge in [0.2, 0.25) is 0 Å². The summed E-state index contributed by atoms with van der Waals surface area (Å²) in [7, 11) is 0. The number of allylic oxidation sites excluding steroid dienone is 4. The highest BCUT2D eigenvalue weighted by atomic mass is 19.1. The zero-order valence-corrected chi connectivity index (χ0v) is 23.7. The average molecular weight is 579 g/mol. The number of likely N-dealkylation sites (tertiary alicyclic amines) is 1. The minimum atomic E-state index is -1.05. The van der Waals surface area contributed by atoms with Gasteiger partial charge < -0.3 is 25.2 Å². The number of phenolic OH excluding ortho intramolecular Hbond substituents is 1. The van der Waals surface area contributed by atoms with Crippen LogP contribution in [0.2, 0.25) is 0 Å². The third kappa shape index (κ3) is 8.07.